The predicted octanol–water partition coefficient (Wildman–Crippen LogP) is 4.12. The lowest BCUT2D eigenvalue weighted by molar-refractivity contribution is 0.771. The molecule has 0 fully saturated rings. The Balaban J connectivity index is 2.63. The van der Waals surface area contributed by atoms with Crippen molar-refractivity contribution in [1.82, 2.24) is 9.97 Å². The van der Waals surface area contributed by atoms with Crippen LogP contribution in [0.5, 0.6) is 0 Å². The molecular formula is C13H22ClN3S. The molecule has 0 aliphatic rings. The maximum atomic E-state index is 6.13. The number of halogens is 1. The van der Waals surface area contributed by atoms with Crippen LogP contribution in [0.2, 0.25) is 5.15 Å². The number of thioether (sulfide) groups is 1. The summed E-state index contributed by atoms with van der Waals surface area (Å²) in [6.07, 6.45) is 1.14. The molecule has 3 nitrogen and oxygen atoms in total. The number of rotatable bonds is 7. The van der Waals surface area contributed by atoms with Crippen molar-refractivity contribution in [2.24, 2.45) is 0 Å². The van der Waals surface area contributed by atoms with Crippen molar-refractivity contribution in [3.05, 3.63) is 16.5 Å². The summed E-state index contributed by atoms with van der Waals surface area (Å²) in [7, 11) is 0. The second-order valence-electron chi connectivity index (χ2n) is 4.48. The summed E-state index contributed by atoms with van der Waals surface area (Å²) >= 11 is 8.09. The van der Waals surface area contributed by atoms with Crippen LogP contribution in [0.25, 0.3) is 0 Å². The third-order valence-corrected chi connectivity index (χ3v) is 3.94. The van der Waals surface area contributed by atoms with Crippen molar-refractivity contribution in [3.63, 3.8) is 0 Å². The molecule has 1 aromatic heterocycles. The van der Waals surface area contributed by atoms with Gasteiger partial charge in [-0.2, -0.15) is 11.8 Å². The number of nitrogens with one attached hydrogen (secondary N) is 1. The van der Waals surface area contributed by atoms with Crippen LogP contribution in [0.1, 0.15) is 44.5 Å². The van der Waals surface area contributed by atoms with Gasteiger partial charge in [-0.15, -0.1) is 0 Å². The fourth-order valence-electron chi connectivity index (χ4n) is 1.46. The van der Waals surface area contributed by atoms with E-state index in [9.17, 15) is 0 Å². The van der Waals surface area contributed by atoms with Crippen LogP contribution in [0.4, 0.5) is 5.82 Å². The molecule has 1 N–H and O–H groups in total. The summed E-state index contributed by atoms with van der Waals surface area (Å²) in [5.74, 6) is 4.32. The lowest BCUT2D eigenvalue weighted by atomic mass is 10.2. The Morgan fingerprint density at radius 2 is 2.06 bits per heavy atom. The standard InChI is InChI=1S/C13H22ClN3S/c1-5-18-8-6-7-15-13-10(4)11(14)16-12(17-13)9(2)3/h9H,5-8H2,1-4H3,(H,15,16,17). The van der Waals surface area contributed by atoms with Gasteiger partial charge in [0, 0.05) is 18.0 Å². The highest BCUT2D eigenvalue weighted by molar-refractivity contribution is 7.99. The number of hydrogen-bond acceptors (Lipinski definition) is 4. The van der Waals surface area contributed by atoms with Gasteiger partial charge in [-0.05, 0) is 24.9 Å². The first-order valence-electron chi connectivity index (χ1n) is 6.41. The van der Waals surface area contributed by atoms with Gasteiger partial charge < -0.3 is 5.32 Å². The first kappa shape index (κ1) is 15.6. The summed E-state index contributed by atoms with van der Waals surface area (Å²) in [6, 6.07) is 0. The van der Waals surface area contributed by atoms with Crippen molar-refractivity contribution in [1.29, 1.82) is 0 Å². The molecule has 0 radical (unpaired) electrons. The second-order valence-corrected chi connectivity index (χ2v) is 6.23. The Labute approximate surface area is 119 Å². The summed E-state index contributed by atoms with van der Waals surface area (Å²) in [6.45, 7) is 9.21. The molecule has 1 heterocycles. The van der Waals surface area contributed by atoms with Crippen LogP contribution in [0.3, 0.4) is 0 Å². The Hall–Kier alpha value is -0.480. The van der Waals surface area contributed by atoms with E-state index in [-0.39, 0.29) is 0 Å². The monoisotopic (exact) mass is 287 g/mol. The van der Waals surface area contributed by atoms with E-state index in [1.54, 1.807) is 0 Å². The lowest BCUT2D eigenvalue weighted by Crippen LogP contribution is -2.10. The van der Waals surface area contributed by atoms with Crippen LogP contribution in [0, 0.1) is 6.92 Å². The topological polar surface area (TPSA) is 37.8 Å². The molecule has 0 atom stereocenters. The first-order chi connectivity index (χ1) is 8.56. The van der Waals surface area contributed by atoms with E-state index in [1.807, 2.05) is 18.7 Å². The summed E-state index contributed by atoms with van der Waals surface area (Å²) in [4.78, 5) is 8.84. The SMILES string of the molecule is CCSCCCNc1nc(C(C)C)nc(Cl)c1C. The second kappa shape index (κ2) is 7.85. The van der Waals surface area contributed by atoms with E-state index >= 15 is 0 Å². The molecule has 5 heteroatoms. The van der Waals surface area contributed by atoms with E-state index in [2.05, 4.69) is 36.1 Å². The zero-order valence-electron chi connectivity index (χ0n) is 11.6. The number of anilines is 1. The van der Waals surface area contributed by atoms with E-state index < -0.39 is 0 Å². The van der Waals surface area contributed by atoms with E-state index in [4.69, 9.17) is 11.6 Å². The normalized spacial score (nSPS) is 11.0. The maximum Gasteiger partial charge on any atom is 0.137 e. The van der Waals surface area contributed by atoms with Gasteiger partial charge in [0.2, 0.25) is 0 Å². The molecule has 0 saturated heterocycles. The van der Waals surface area contributed by atoms with Crippen molar-refractivity contribution in [2.75, 3.05) is 23.4 Å². The largest absolute Gasteiger partial charge is 0.370 e. The number of aromatic nitrogens is 2. The maximum absolute atomic E-state index is 6.13. The molecular weight excluding hydrogens is 266 g/mol. The van der Waals surface area contributed by atoms with Gasteiger partial charge in [-0.1, -0.05) is 32.4 Å². The average Bonchev–Trinajstić information content (AvgIpc) is 2.33. The lowest BCUT2D eigenvalue weighted by Gasteiger charge is -2.12. The highest BCUT2D eigenvalue weighted by Crippen LogP contribution is 2.22. The Morgan fingerprint density at radius 3 is 2.67 bits per heavy atom. The van der Waals surface area contributed by atoms with Crippen molar-refractivity contribution < 1.29 is 0 Å². The molecule has 0 spiro atoms. The number of nitrogens with zero attached hydrogens (tertiary/aromatic N) is 2. The van der Waals surface area contributed by atoms with Gasteiger partial charge >= 0.3 is 0 Å². The fraction of sp³-hybridized carbons (Fsp3) is 0.692. The van der Waals surface area contributed by atoms with Gasteiger partial charge in [0.25, 0.3) is 0 Å². The van der Waals surface area contributed by atoms with Crippen molar-refractivity contribution in [2.45, 2.75) is 40.0 Å². The molecule has 0 aliphatic heterocycles. The molecule has 18 heavy (non-hydrogen) atoms. The molecule has 0 aliphatic carbocycles. The average molecular weight is 288 g/mol. The van der Waals surface area contributed by atoms with E-state index in [1.165, 1.54) is 11.5 Å². The van der Waals surface area contributed by atoms with Crippen molar-refractivity contribution in [3.8, 4) is 0 Å². The zero-order valence-corrected chi connectivity index (χ0v) is 13.2. The zero-order chi connectivity index (χ0) is 13.5. The quantitative estimate of drug-likeness (QED) is 0.605. The third-order valence-electron chi connectivity index (χ3n) is 2.58. The summed E-state index contributed by atoms with van der Waals surface area (Å²) in [5.41, 5.74) is 0.934. The Bertz CT molecular complexity index is 383. The molecule has 0 saturated carbocycles. The molecule has 1 rings (SSSR count). The van der Waals surface area contributed by atoms with Gasteiger partial charge in [-0.25, -0.2) is 9.97 Å². The van der Waals surface area contributed by atoms with Crippen LogP contribution < -0.4 is 5.32 Å². The van der Waals surface area contributed by atoms with Gasteiger partial charge in [0.15, 0.2) is 0 Å². The molecule has 1 aromatic rings. The minimum Gasteiger partial charge on any atom is -0.370 e. The summed E-state index contributed by atoms with van der Waals surface area (Å²) in [5, 5.41) is 3.91. The molecule has 102 valence electrons. The minimum atomic E-state index is 0.291. The van der Waals surface area contributed by atoms with Gasteiger partial charge in [0.05, 0.1) is 0 Å². The van der Waals surface area contributed by atoms with E-state index in [0.29, 0.717) is 11.1 Å². The van der Waals surface area contributed by atoms with E-state index in [0.717, 1.165) is 30.2 Å². The Kier molecular flexibility index (Phi) is 6.79. The van der Waals surface area contributed by atoms with Crippen LogP contribution in [-0.4, -0.2) is 28.0 Å². The highest BCUT2D eigenvalue weighted by atomic mass is 35.5. The fourth-order valence-corrected chi connectivity index (χ4v) is 2.27. The highest BCUT2D eigenvalue weighted by Gasteiger charge is 2.11. The van der Waals surface area contributed by atoms with Crippen molar-refractivity contribution >= 4 is 29.2 Å². The summed E-state index contributed by atoms with van der Waals surface area (Å²) < 4.78 is 0. The molecule has 0 amide bonds. The predicted molar refractivity (Wildman–Crippen MR) is 82.0 cm³/mol. The van der Waals surface area contributed by atoms with Crippen LogP contribution in [0.15, 0.2) is 0 Å². The van der Waals surface area contributed by atoms with Crippen LogP contribution >= 0.6 is 23.4 Å². The Morgan fingerprint density at radius 1 is 1.33 bits per heavy atom. The third kappa shape index (κ3) is 4.65. The molecule has 0 bridgehead atoms. The first-order valence-corrected chi connectivity index (χ1v) is 7.95. The van der Waals surface area contributed by atoms with Crippen LogP contribution in [-0.2, 0) is 0 Å². The smallest absolute Gasteiger partial charge is 0.137 e. The van der Waals surface area contributed by atoms with Gasteiger partial charge in [0.1, 0.15) is 16.8 Å². The number of hydrogen-bond donors (Lipinski definition) is 1. The minimum absolute atomic E-state index is 0.291. The van der Waals surface area contributed by atoms with Gasteiger partial charge in [-0.3, -0.25) is 0 Å². The molecule has 0 unspecified atom stereocenters. The molecule has 0 aromatic carbocycles.